The van der Waals surface area contributed by atoms with Gasteiger partial charge in [-0.05, 0) is 30.9 Å². The van der Waals surface area contributed by atoms with Gasteiger partial charge in [0, 0.05) is 5.25 Å². The Hall–Kier alpha value is 0.700. The fraction of sp³-hybridized carbons (Fsp3) is 1.00. The predicted molar refractivity (Wildman–Crippen MR) is 59.9 cm³/mol. The fourth-order valence-electron chi connectivity index (χ4n) is 1.17. The van der Waals surface area contributed by atoms with Crippen LogP contribution in [0.5, 0.6) is 0 Å². The first-order valence-electron chi connectivity index (χ1n) is 4.51. The van der Waals surface area contributed by atoms with Gasteiger partial charge in [-0.2, -0.15) is 25.3 Å². The molecule has 0 radical (unpaired) electrons. The number of hydrogen-bond acceptors (Lipinski definition) is 2. The van der Waals surface area contributed by atoms with Crippen LogP contribution in [0.25, 0.3) is 0 Å². The molecule has 0 aromatic heterocycles. The summed E-state index contributed by atoms with van der Waals surface area (Å²) in [4.78, 5) is 0. The third kappa shape index (κ3) is 5.92. The normalized spacial score (nSPS) is 16.4. The average Bonchev–Trinajstić information content (AvgIpc) is 2.03. The molecule has 0 aliphatic heterocycles. The first-order valence-corrected chi connectivity index (χ1v) is 5.66. The number of unbranched alkanes of at least 4 members (excludes halogenated alkanes) is 1. The minimum absolute atomic E-state index is 0.593. The van der Waals surface area contributed by atoms with Gasteiger partial charge in [0.1, 0.15) is 0 Å². The monoisotopic (exact) mass is 192 g/mol. The van der Waals surface area contributed by atoms with Gasteiger partial charge in [0.2, 0.25) is 0 Å². The molecule has 0 heterocycles. The summed E-state index contributed by atoms with van der Waals surface area (Å²) in [6.45, 7) is 4.49. The van der Waals surface area contributed by atoms with Crippen molar-refractivity contribution >= 4 is 25.3 Å². The maximum absolute atomic E-state index is 4.51. The number of rotatable bonds is 6. The number of hydrogen-bond donors (Lipinski definition) is 2. The summed E-state index contributed by atoms with van der Waals surface area (Å²) in [7, 11) is 0. The first kappa shape index (κ1) is 11.7. The molecule has 0 spiro atoms. The van der Waals surface area contributed by atoms with Gasteiger partial charge in [0.25, 0.3) is 0 Å². The molecule has 0 N–H and O–H groups in total. The third-order valence-electron chi connectivity index (χ3n) is 2.14. The summed E-state index contributed by atoms with van der Waals surface area (Å²) in [6, 6.07) is 0. The largest absolute Gasteiger partial charge is 0.179 e. The molecule has 2 heteroatoms. The van der Waals surface area contributed by atoms with E-state index in [9.17, 15) is 0 Å². The average molecular weight is 192 g/mol. The quantitative estimate of drug-likeness (QED) is 0.467. The van der Waals surface area contributed by atoms with E-state index in [2.05, 4.69) is 39.1 Å². The Kier molecular flexibility index (Phi) is 7.82. The zero-order valence-corrected chi connectivity index (χ0v) is 9.37. The fourth-order valence-corrected chi connectivity index (χ4v) is 1.55. The van der Waals surface area contributed by atoms with Crippen LogP contribution in [0.1, 0.15) is 39.5 Å². The molecule has 2 unspecified atom stereocenters. The second kappa shape index (κ2) is 7.35. The predicted octanol–water partition coefficient (Wildman–Crippen LogP) is 3.43. The molecule has 0 fully saturated rings. The van der Waals surface area contributed by atoms with Crippen molar-refractivity contribution in [1.29, 1.82) is 0 Å². The van der Waals surface area contributed by atoms with E-state index < -0.39 is 0 Å². The van der Waals surface area contributed by atoms with Crippen molar-refractivity contribution in [2.45, 2.75) is 44.8 Å². The molecule has 0 bridgehead atoms. The van der Waals surface area contributed by atoms with Gasteiger partial charge in [0.15, 0.2) is 0 Å². The van der Waals surface area contributed by atoms with Crippen LogP contribution in [0.4, 0.5) is 0 Å². The summed E-state index contributed by atoms with van der Waals surface area (Å²) < 4.78 is 0. The van der Waals surface area contributed by atoms with E-state index >= 15 is 0 Å². The van der Waals surface area contributed by atoms with E-state index in [0.717, 1.165) is 11.7 Å². The minimum atomic E-state index is 0.593. The summed E-state index contributed by atoms with van der Waals surface area (Å²) in [6.07, 6.45) is 5.05. The lowest BCUT2D eigenvalue weighted by molar-refractivity contribution is 0.482. The summed E-state index contributed by atoms with van der Waals surface area (Å²) in [5.41, 5.74) is 0. The van der Waals surface area contributed by atoms with Crippen LogP contribution in [0.2, 0.25) is 0 Å². The maximum Gasteiger partial charge on any atom is 0.00398 e. The first-order chi connectivity index (χ1) is 5.22. The molecule has 0 saturated heterocycles. The van der Waals surface area contributed by atoms with Crippen LogP contribution >= 0.6 is 25.3 Å². The zero-order chi connectivity index (χ0) is 8.69. The lowest BCUT2D eigenvalue weighted by Crippen LogP contribution is -2.09. The van der Waals surface area contributed by atoms with Gasteiger partial charge >= 0.3 is 0 Å². The Morgan fingerprint density at radius 2 is 1.91 bits per heavy atom. The van der Waals surface area contributed by atoms with Gasteiger partial charge in [-0.15, -0.1) is 0 Å². The molecule has 0 aromatic rings. The number of thiol groups is 2. The topological polar surface area (TPSA) is 0 Å². The van der Waals surface area contributed by atoms with Crippen molar-refractivity contribution < 1.29 is 0 Å². The highest BCUT2D eigenvalue weighted by Gasteiger charge is 2.09. The summed E-state index contributed by atoms with van der Waals surface area (Å²) in [5, 5.41) is 0.593. The van der Waals surface area contributed by atoms with Crippen LogP contribution in [0, 0.1) is 5.92 Å². The summed E-state index contributed by atoms with van der Waals surface area (Å²) >= 11 is 8.69. The van der Waals surface area contributed by atoms with Gasteiger partial charge in [-0.1, -0.05) is 20.3 Å². The van der Waals surface area contributed by atoms with Crippen molar-refractivity contribution in [3.63, 3.8) is 0 Å². The molecular weight excluding hydrogens is 172 g/mol. The third-order valence-corrected chi connectivity index (χ3v) is 3.33. The molecule has 0 saturated carbocycles. The Balaban J connectivity index is 3.28. The van der Waals surface area contributed by atoms with Crippen LogP contribution < -0.4 is 0 Å². The van der Waals surface area contributed by atoms with Crippen molar-refractivity contribution in [1.82, 2.24) is 0 Å². The van der Waals surface area contributed by atoms with E-state index in [1.807, 2.05) is 0 Å². The Labute approximate surface area is 82.0 Å². The molecular formula is C9H20S2. The Bertz CT molecular complexity index is 83.6. The molecule has 11 heavy (non-hydrogen) atoms. The van der Waals surface area contributed by atoms with E-state index in [0.29, 0.717) is 5.25 Å². The van der Waals surface area contributed by atoms with Gasteiger partial charge < -0.3 is 0 Å². The van der Waals surface area contributed by atoms with Crippen molar-refractivity contribution in [3.8, 4) is 0 Å². The highest BCUT2D eigenvalue weighted by Crippen LogP contribution is 2.19. The lowest BCUT2D eigenvalue weighted by Gasteiger charge is -2.16. The van der Waals surface area contributed by atoms with Gasteiger partial charge in [0.05, 0.1) is 0 Å². The molecule has 0 aromatic carbocycles. The van der Waals surface area contributed by atoms with E-state index in [4.69, 9.17) is 0 Å². The van der Waals surface area contributed by atoms with E-state index in [1.54, 1.807) is 0 Å². The van der Waals surface area contributed by atoms with Crippen LogP contribution in [0.15, 0.2) is 0 Å². The maximum atomic E-state index is 4.51. The highest BCUT2D eigenvalue weighted by molar-refractivity contribution is 7.81. The van der Waals surface area contributed by atoms with Crippen molar-refractivity contribution in [3.05, 3.63) is 0 Å². The van der Waals surface area contributed by atoms with E-state index in [-0.39, 0.29) is 0 Å². The van der Waals surface area contributed by atoms with Crippen LogP contribution in [0.3, 0.4) is 0 Å². The molecule has 0 aliphatic rings. The zero-order valence-electron chi connectivity index (χ0n) is 7.58. The second-order valence-electron chi connectivity index (χ2n) is 3.17. The van der Waals surface area contributed by atoms with Crippen LogP contribution in [-0.2, 0) is 0 Å². The molecule has 0 aliphatic carbocycles. The highest BCUT2D eigenvalue weighted by atomic mass is 32.1. The lowest BCUT2D eigenvalue weighted by atomic mass is 9.99. The minimum Gasteiger partial charge on any atom is -0.179 e. The van der Waals surface area contributed by atoms with Gasteiger partial charge in [-0.3, -0.25) is 0 Å². The smallest absolute Gasteiger partial charge is 0.00398 e. The standard InChI is InChI=1S/C9H20S2/c1-3-9(11)8(2)6-4-5-7-10/h8-11H,3-7H2,1-2H3. The van der Waals surface area contributed by atoms with Crippen molar-refractivity contribution in [2.24, 2.45) is 5.92 Å². The van der Waals surface area contributed by atoms with E-state index in [1.165, 1.54) is 25.7 Å². The second-order valence-corrected chi connectivity index (χ2v) is 4.28. The summed E-state index contributed by atoms with van der Waals surface area (Å²) in [5.74, 6) is 1.79. The van der Waals surface area contributed by atoms with Crippen LogP contribution in [-0.4, -0.2) is 11.0 Å². The van der Waals surface area contributed by atoms with Gasteiger partial charge in [-0.25, -0.2) is 0 Å². The molecule has 0 amide bonds. The molecule has 0 nitrogen and oxygen atoms in total. The van der Waals surface area contributed by atoms with Crippen molar-refractivity contribution in [2.75, 3.05) is 5.75 Å². The molecule has 0 rings (SSSR count). The molecule has 68 valence electrons. The molecule has 2 atom stereocenters. The SMILES string of the molecule is CCC(S)C(C)CCCCS. The Morgan fingerprint density at radius 3 is 2.36 bits per heavy atom. The Morgan fingerprint density at radius 1 is 1.27 bits per heavy atom.